The third-order valence-corrected chi connectivity index (χ3v) is 2.88. The van der Waals surface area contributed by atoms with Gasteiger partial charge in [-0.05, 0) is 25.7 Å². The summed E-state index contributed by atoms with van der Waals surface area (Å²) in [5.41, 5.74) is 0. The summed E-state index contributed by atoms with van der Waals surface area (Å²) in [4.78, 5) is 10.3. The number of hydrogen-bond acceptors (Lipinski definition) is 1. The van der Waals surface area contributed by atoms with E-state index in [4.69, 9.17) is 5.11 Å². The number of unbranched alkanes of at least 4 members (excludes halogenated alkanes) is 8. The van der Waals surface area contributed by atoms with Gasteiger partial charge in [0.25, 0.3) is 0 Å². The summed E-state index contributed by atoms with van der Waals surface area (Å²) in [6.45, 7) is 2.20. The molecule has 0 heterocycles. The van der Waals surface area contributed by atoms with Crippen molar-refractivity contribution in [2.24, 2.45) is 0 Å². The molecule has 0 bridgehead atoms. The highest BCUT2D eigenvalue weighted by Crippen LogP contribution is 2.10. The Hall–Kier alpha value is -0.790. The van der Waals surface area contributed by atoms with Crippen molar-refractivity contribution in [2.45, 2.75) is 77.6 Å². The molecule has 1 N–H and O–H groups in total. The van der Waals surface area contributed by atoms with E-state index in [-0.39, 0.29) is 0 Å². The maximum atomic E-state index is 10.3. The monoisotopic (exact) mass is 240 g/mol. The number of aliphatic carboxylic acids is 1. The average molecular weight is 240 g/mol. The molecule has 0 aromatic heterocycles. The highest BCUT2D eigenvalue weighted by atomic mass is 16.4. The molecule has 0 spiro atoms. The molecule has 0 unspecified atom stereocenters. The van der Waals surface area contributed by atoms with Gasteiger partial charge in [0.2, 0.25) is 0 Å². The van der Waals surface area contributed by atoms with E-state index in [2.05, 4.69) is 19.1 Å². The van der Waals surface area contributed by atoms with Gasteiger partial charge in [-0.25, -0.2) is 0 Å². The fourth-order valence-corrected chi connectivity index (χ4v) is 1.82. The van der Waals surface area contributed by atoms with Crippen LogP contribution in [0.25, 0.3) is 0 Å². The topological polar surface area (TPSA) is 37.3 Å². The zero-order valence-electron chi connectivity index (χ0n) is 11.3. The summed E-state index contributed by atoms with van der Waals surface area (Å²) in [7, 11) is 0. The summed E-state index contributed by atoms with van der Waals surface area (Å²) >= 11 is 0. The molecular weight excluding hydrogens is 212 g/mol. The Bertz CT molecular complexity index is 197. The SMILES string of the molecule is CCC/C=C/CCCCCCCCCC(=O)O. The summed E-state index contributed by atoms with van der Waals surface area (Å²) in [6.07, 6.45) is 16.9. The lowest BCUT2D eigenvalue weighted by Gasteiger charge is -2.00. The van der Waals surface area contributed by atoms with E-state index in [9.17, 15) is 4.79 Å². The first-order valence-corrected chi connectivity index (χ1v) is 7.14. The Kier molecular flexibility index (Phi) is 12.7. The van der Waals surface area contributed by atoms with E-state index in [0.29, 0.717) is 6.42 Å². The van der Waals surface area contributed by atoms with Crippen LogP contribution in [0.3, 0.4) is 0 Å². The van der Waals surface area contributed by atoms with Crippen molar-refractivity contribution in [2.75, 3.05) is 0 Å². The summed E-state index contributed by atoms with van der Waals surface area (Å²) in [5.74, 6) is -0.663. The van der Waals surface area contributed by atoms with Gasteiger partial charge in [0.1, 0.15) is 0 Å². The van der Waals surface area contributed by atoms with Crippen LogP contribution >= 0.6 is 0 Å². The Morgan fingerprint density at radius 3 is 2.00 bits per heavy atom. The maximum Gasteiger partial charge on any atom is 0.303 e. The molecule has 2 nitrogen and oxygen atoms in total. The molecule has 0 saturated carbocycles. The van der Waals surface area contributed by atoms with E-state index in [1.165, 1.54) is 51.4 Å². The van der Waals surface area contributed by atoms with Gasteiger partial charge in [-0.2, -0.15) is 0 Å². The van der Waals surface area contributed by atoms with Crippen molar-refractivity contribution in [3.8, 4) is 0 Å². The number of rotatable bonds is 12. The molecule has 0 rings (SSSR count). The molecule has 0 aromatic rings. The van der Waals surface area contributed by atoms with Crippen LogP contribution < -0.4 is 0 Å². The normalized spacial score (nSPS) is 11.1. The number of hydrogen-bond donors (Lipinski definition) is 1. The number of carbonyl (C=O) groups is 1. The van der Waals surface area contributed by atoms with Gasteiger partial charge >= 0.3 is 5.97 Å². The second-order valence-corrected chi connectivity index (χ2v) is 4.67. The van der Waals surface area contributed by atoms with Crippen LogP contribution in [0.5, 0.6) is 0 Å². The van der Waals surface area contributed by atoms with Crippen molar-refractivity contribution < 1.29 is 9.90 Å². The van der Waals surface area contributed by atoms with Gasteiger partial charge in [-0.1, -0.05) is 57.6 Å². The zero-order valence-corrected chi connectivity index (χ0v) is 11.3. The van der Waals surface area contributed by atoms with Crippen molar-refractivity contribution in [3.05, 3.63) is 12.2 Å². The smallest absolute Gasteiger partial charge is 0.303 e. The number of allylic oxidation sites excluding steroid dienone is 2. The lowest BCUT2D eigenvalue weighted by Crippen LogP contribution is -1.93. The highest BCUT2D eigenvalue weighted by molar-refractivity contribution is 5.66. The fraction of sp³-hybridized carbons (Fsp3) is 0.800. The van der Waals surface area contributed by atoms with Gasteiger partial charge in [0.15, 0.2) is 0 Å². The largest absolute Gasteiger partial charge is 0.481 e. The van der Waals surface area contributed by atoms with Gasteiger partial charge in [-0.15, -0.1) is 0 Å². The molecule has 0 aliphatic rings. The zero-order chi connectivity index (χ0) is 12.8. The van der Waals surface area contributed by atoms with E-state index >= 15 is 0 Å². The van der Waals surface area contributed by atoms with Crippen molar-refractivity contribution >= 4 is 5.97 Å². The van der Waals surface area contributed by atoms with Crippen molar-refractivity contribution in [1.29, 1.82) is 0 Å². The molecule has 100 valence electrons. The predicted octanol–water partition coefficient (Wildman–Crippen LogP) is 4.94. The summed E-state index contributed by atoms with van der Waals surface area (Å²) in [5, 5.41) is 8.47. The summed E-state index contributed by atoms with van der Waals surface area (Å²) < 4.78 is 0. The van der Waals surface area contributed by atoms with Crippen LogP contribution in [0.2, 0.25) is 0 Å². The van der Waals surface area contributed by atoms with Crippen LogP contribution in [0.15, 0.2) is 12.2 Å². The molecule has 0 amide bonds. The van der Waals surface area contributed by atoms with Crippen LogP contribution in [0, 0.1) is 0 Å². The second kappa shape index (κ2) is 13.3. The summed E-state index contributed by atoms with van der Waals surface area (Å²) in [6, 6.07) is 0. The minimum Gasteiger partial charge on any atom is -0.481 e. The molecule has 0 aliphatic heterocycles. The first-order chi connectivity index (χ1) is 8.27. The highest BCUT2D eigenvalue weighted by Gasteiger charge is 1.96. The van der Waals surface area contributed by atoms with E-state index in [1.807, 2.05) is 0 Å². The van der Waals surface area contributed by atoms with Crippen molar-refractivity contribution in [3.63, 3.8) is 0 Å². The third-order valence-electron chi connectivity index (χ3n) is 2.88. The number of carboxylic acid groups (broad SMARTS) is 1. The standard InChI is InChI=1S/C15H28O2/c1-2-3-4-5-6-7-8-9-10-11-12-13-14-15(16)17/h4-5H,2-3,6-14H2,1H3,(H,16,17)/b5-4+. The van der Waals surface area contributed by atoms with E-state index in [1.54, 1.807) is 0 Å². The Morgan fingerprint density at radius 1 is 0.882 bits per heavy atom. The van der Waals surface area contributed by atoms with Crippen molar-refractivity contribution in [1.82, 2.24) is 0 Å². The molecule has 0 radical (unpaired) electrons. The minimum atomic E-state index is -0.663. The number of carboxylic acids is 1. The molecule has 17 heavy (non-hydrogen) atoms. The Morgan fingerprint density at radius 2 is 1.41 bits per heavy atom. The first-order valence-electron chi connectivity index (χ1n) is 7.14. The molecular formula is C15H28O2. The lowest BCUT2D eigenvalue weighted by atomic mass is 10.1. The fourth-order valence-electron chi connectivity index (χ4n) is 1.82. The lowest BCUT2D eigenvalue weighted by molar-refractivity contribution is -0.137. The second-order valence-electron chi connectivity index (χ2n) is 4.67. The van der Waals surface area contributed by atoms with Crippen LogP contribution in [0.1, 0.15) is 77.6 Å². The van der Waals surface area contributed by atoms with Crippen LogP contribution in [-0.2, 0) is 4.79 Å². The third kappa shape index (κ3) is 15.2. The predicted molar refractivity (Wildman–Crippen MR) is 73.2 cm³/mol. The molecule has 0 saturated heterocycles. The average Bonchev–Trinajstić information content (AvgIpc) is 2.30. The van der Waals surface area contributed by atoms with E-state index < -0.39 is 5.97 Å². The van der Waals surface area contributed by atoms with Gasteiger partial charge in [-0.3, -0.25) is 4.79 Å². The quantitative estimate of drug-likeness (QED) is 0.387. The van der Waals surface area contributed by atoms with Gasteiger partial charge < -0.3 is 5.11 Å². The first kappa shape index (κ1) is 16.2. The van der Waals surface area contributed by atoms with Crippen LogP contribution in [0.4, 0.5) is 0 Å². The molecule has 0 atom stereocenters. The van der Waals surface area contributed by atoms with E-state index in [0.717, 1.165) is 12.8 Å². The Labute approximate surface area is 106 Å². The van der Waals surface area contributed by atoms with Gasteiger partial charge in [0.05, 0.1) is 0 Å². The minimum absolute atomic E-state index is 0.336. The molecule has 2 heteroatoms. The van der Waals surface area contributed by atoms with Crippen LogP contribution in [-0.4, -0.2) is 11.1 Å². The molecule has 0 aliphatic carbocycles. The Balaban J connectivity index is 3.01. The van der Waals surface area contributed by atoms with Gasteiger partial charge in [0, 0.05) is 6.42 Å². The molecule has 0 aromatic carbocycles. The maximum absolute atomic E-state index is 10.3. The molecule has 0 fully saturated rings.